The summed E-state index contributed by atoms with van der Waals surface area (Å²) in [5.41, 5.74) is 2.22. The first kappa shape index (κ1) is 14.6. The van der Waals surface area contributed by atoms with Crippen LogP contribution in [0.15, 0.2) is 18.2 Å². The molecule has 100 valence electrons. The van der Waals surface area contributed by atoms with Crippen LogP contribution in [0.2, 0.25) is 0 Å². The fraction of sp³-hybridized carbons (Fsp3) is 0.533. The molecule has 1 aromatic rings. The summed E-state index contributed by atoms with van der Waals surface area (Å²) in [6, 6.07) is 6.02. The fourth-order valence-corrected chi connectivity index (χ4v) is 1.77. The molecular formula is C15H23NO2. The number of ether oxygens (including phenoxy) is 1. The maximum Gasteiger partial charge on any atom is 0.220 e. The van der Waals surface area contributed by atoms with Crippen LogP contribution in [0, 0.1) is 6.92 Å². The molecule has 0 aliphatic carbocycles. The Bertz CT molecular complexity index is 388. The molecule has 3 nitrogen and oxygen atoms in total. The van der Waals surface area contributed by atoms with Crippen LogP contribution >= 0.6 is 0 Å². The summed E-state index contributed by atoms with van der Waals surface area (Å²) < 4.78 is 5.48. The van der Waals surface area contributed by atoms with Gasteiger partial charge in [-0.25, -0.2) is 0 Å². The number of carbonyl (C=O) groups is 1. The zero-order valence-electron chi connectivity index (χ0n) is 11.6. The van der Waals surface area contributed by atoms with Crippen LogP contribution < -0.4 is 10.1 Å². The summed E-state index contributed by atoms with van der Waals surface area (Å²) in [5.74, 6) is 1.04. The molecule has 0 aliphatic heterocycles. The Labute approximate surface area is 110 Å². The summed E-state index contributed by atoms with van der Waals surface area (Å²) in [6.07, 6.45) is 2.62. The van der Waals surface area contributed by atoms with Gasteiger partial charge < -0.3 is 10.1 Å². The lowest BCUT2D eigenvalue weighted by Crippen LogP contribution is -2.22. The second-order valence-corrected chi connectivity index (χ2v) is 4.41. The highest BCUT2D eigenvalue weighted by atomic mass is 16.5. The van der Waals surface area contributed by atoms with E-state index in [1.165, 1.54) is 0 Å². The van der Waals surface area contributed by atoms with Gasteiger partial charge in [-0.15, -0.1) is 0 Å². The Morgan fingerprint density at radius 1 is 1.33 bits per heavy atom. The molecule has 1 rings (SSSR count). The van der Waals surface area contributed by atoms with Crippen molar-refractivity contribution in [3.05, 3.63) is 29.3 Å². The smallest absolute Gasteiger partial charge is 0.220 e. The van der Waals surface area contributed by atoms with Crippen molar-refractivity contribution in [3.63, 3.8) is 0 Å². The molecule has 0 saturated carbocycles. The zero-order valence-corrected chi connectivity index (χ0v) is 11.6. The maximum absolute atomic E-state index is 11.5. The number of nitrogens with one attached hydrogen (secondary N) is 1. The van der Waals surface area contributed by atoms with Gasteiger partial charge in [0.1, 0.15) is 5.75 Å². The molecule has 0 fully saturated rings. The fourth-order valence-electron chi connectivity index (χ4n) is 1.77. The Morgan fingerprint density at radius 2 is 2.11 bits per heavy atom. The minimum Gasteiger partial charge on any atom is -0.494 e. The number of amides is 1. The lowest BCUT2D eigenvalue weighted by molar-refractivity contribution is -0.121. The number of aryl methyl sites for hydroxylation is 1. The number of unbranched alkanes of at least 4 members (excludes halogenated alkanes) is 1. The van der Waals surface area contributed by atoms with Crippen molar-refractivity contribution in [2.75, 3.05) is 6.61 Å². The molecule has 0 spiro atoms. The molecule has 0 heterocycles. The summed E-state index contributed by atoms with van der Waals surface area (Å²) in [4.78, 5) is 11.5. The van der Waals surface area contributed by atoms with E-state index in [1.54, 1.807) is 0 Å². The van der Waals surface area contributed by atoms with Crippen LogP contribution in [0.1, 0.15) is 44.2 Å². The van der Waals surface area contributed by atoms with Gasteiger partial charge in [0.15, 0.2) is 0 Å². The summed E-state index contributed by atoms with van der Waals surface area (Å²) in [6.45, 7) is 7.35. The van der Waals surface area contributed by atoms with E-state index in [0.29, 0.717) is 19.6 Å². The molecule has 3 heteroatoms. The van der Waals surface area contributed by atoms with E-state index in [-0.39, 0.29) is 5.91 Å². The monoisotopic (exact) mass is 249 g/mol. The van der Waals surface area contributed by atoms with E-state index in [4.69, 9.17) is 4.74 Å². The van der Waals surface area contributed by atoms with E-state index < -0.39 is 0 Å². The molecular weight excluding hydrogens is 226 g/mol. The van der Waals surface area contributed by atoms with Crippen molar-refractivity contribution in [2.24, 2.45) is 0 Å². The molecule has 0 unspecified atom stereocenters. The third-order valence-electron chi connectivity index (χ3n) is 2.79. The van der Waals surface area contributed by atoms with Gasteiger partial charge in [-0.3, -0.25) is 4.79 Å². The van der Waals surface area contributed by atoms with Crippen LogP contribution in [0.3, 0.4) is 0 Å². The highest BCUT2D eigenvalue weighted by Gasteiger charge is 2.03. The van der Waals surface area contributed by atoms with Crippen LogP contribution in [0.25, 0.3) is 0 Å². The molecule has 1 aromatic carbocycles. The second kappa shape index (κ2) is 7.75. The van der Waals surface area contributed by atoms with Crippen LogP contribution in [0.4, 0.5) is 0 Å². The zero-order chi connectivity index (χ0) is 13.4. The first-order valence-corrected chi connectivity index (χ1v) is 6.66. The predicted molar refractivity (Wildman–Crippen MR) is 73.7 cm³/mol. The number of carbonyl (C=O) groups excluding carboxylic acids is 1. The van der Waals surface area contributed by atoms with Gasteiger partial charge in [-0.2, -0.15) is 0 Å². The van der Waals surface area contributed by atoms with E-state index in [0.717, 1.165) is 29.7 Å². The Hall–Kier alpha value is -1.51. The Balaban J connectivity index is 2.48. The number of rotatable bonds is 7. The molecule has 0 aliphatic rings. The van der Waals surface area contributed by atoms with Crippen molar-refractivity contribution in [3.8, 4) is 5.75 Å². The van der Waals surface area contributed by atoms with Gasteiger partial charge in [0.2, 0.25) is 5.91 Å². The molecule has 0 atom stereocenters. The average molecular weight is 249 g/mol. The molecule has 0 radical (unpaired) electrons. The number of benzene rings is 1. The van der Waals surface area contributed by atoms with Crippen molar-refractivity contribution in [1.29, 1.82) is 0 Å². The normalized spacial score (nSPS) is 10.2. The number of hydrogen-bond donors (Lipinski definition) is 1. The topological polar surface area (TPSA) is 38.3 Å². The third kappa shape index (κ3) is 4.78. The van der Waals surface area contributed by atoms with Gasteiger partial charge in [-0.05, 0) is 37.5 Å². The second-order valence-electron chi connectivity index (χ2n) is 4.41. The van der Waals surface area contributed by atoms with Crippen molar-refractivity contribution in [2.45, 2.75) is 46.6 Å². The quantitative estimate of drug-likeness (QED) is 0.806. The van der Waals surface area contributed by atoms with E-state index in [9.17, 15) is 4.79 Å². The highest BCUT2D eigenvalue weighted by molar-refractivity contribution is 5.75. The first-order valence-electron chi connectivity index (χ1n) is 6.66. The van der Waals surface area contributed by atoms with Crippen LogP contribution in [0.5, 0.6) is 5.75 Å². The van der Waals surface area contributed by atoms with E-state index in [1.807, 2.05) is 26.0 Å². The van der Waals surface area contributed by atoms with Gasteiger partial charge >= 0.3 is 0 Å². The first-order chi connectivity index (χ1) is 8.67. The van der Waals surface area contributed by atoms with Gasteiger partial charge in [0.25, 0.3) is 0 Å². The maximum atomic E-state index is 11.5. The van der Waals surface area contributed by atoms with Gasteiger partial charge in [0, 0.05) is 13.0 Å². The lowest BCUT2D eigenvalue weighted by Gasteiger charge is -2.10. The standard InChI is InChI=1S/C15H23NO2/c1-4-6-7-15(17)16-11-13-8-9-14(18-5-2)12(3)10-13/h8-10H,4-7,11H2,1-3H3,(H,16,17). The van der Waals surface area contributed by atoms with Crippen molar-refractivity contribution >= 4 is 5.91 Å². The molecule has 0 bridgehead atoms. The van der Waals surface area contributed by atoms with Crippen LogP contribution in [-0.4, -0.2) is 12.5 Å². The highest BCUT2D eigenvalue weighted by Crippen LogP contribution is 2.18. The summed E-state index contributed by atoms with van der Waals surface area (Å²) >= 11 is 0. The van der Waals surface area contributed by atoms with Crippen molar-refractivity contribution < 1.29 is 9.53 Å². The van der Waals surface area contributed by atoms with Gasteiger partial charge in [-0.1, -0.05) is 25.5 Å². The number of hydrogen-bond acceptors (Lipinski definition) is 2. The molecule has 1 amide bonds. The molecule has 0 saturated heterocycles. The Kier molecular flexibility index (Phi) is 6.26. The van der Waals surface area contributed by atoms with Gasteiger partial charge in [0.05, 0.1) is 6.61 Å². The minimum atomic E-state index is 0.128. The van der Waals surface area contributed by atoms with Crippen LogP contribution in [-0.2, 0) is 11.3 Å². The SMILES string of the molecule is CCCCC(=O)NCc1ccc(OCC)c(C)c1. The average Bonchev–Trinajstić information content (AvgIpc) is 2.37. The Morgan fingerprint density at radius 3 is 2.72 bits per heavy atom. The molecule has 18 heavy (non-hydrogen) atoms. The van der Waals surface area contributed by atoms with Crippen molar-refractivity contribution in [1.82, 2.24) is 5.32 Å². The van der Waals surface area contributed by atoms with E-state index in [2.05, 4.69) is 18.3 Å². The molecule has 1 N–H and O–H groups in total. The third-order valence-corrected chi connectivity index (χ3v) is 2.79. The summed E-state index contributed by atoms with van der Waals surface area (Å²) in [7, 11) is 0. The summed E-state index contributed by atoms with van der Waals surface area (Å²) in [5, 5.41) is 2.93. The molecule has 0 aromatic heterocycles. The predicted octanol–water partition coefficient (Wildman–Crippen LogP) is 3.20. The lowest BCUT2D eigenvalue weighted by atomic mass is 10.1. The largest absolute Gasteiger partial charge is 0.494 e. The minimum absolute atomic E-state index is 0.128. The van der Waals surface area contributed by atoms with E-state index >= 15 is 0 Å².